The Morgan fingerprint density at radius 2 is 0.875 bits per heavy atom. The third kappa shape index (κ3) is 5.21. The van der Waals surface area contributed by atoms with Crippen molar-refractivity contribution in [1.29, 1.82) is 0 Å². The third-order valence-electron chi connectivity index (χ3n) is 10.7. The van der Waals surface area contributed by atoms with E-state index in [1.165, 1.54) is 16.3 Å². The topological polar surface area (TPSA) is 56.7 Å². The van der Waals surface area contributed by atoms with Crippen LogP contribution in [0.25, 0.3) is 106 Å². The zero-order chi connectivity index (χ0) is 37.0. The van der Waals surface area contributed by atoms with Crippen molar-refractivity contribution >= 4 is 43.7 Å². The summed E-state index contributed by atoms with van der Waals surface area (Å²) in [4.78, 5) is 15.3. The Morgan fingerprint density at radius 3 is 1.57 bits per heavy atom. The number of fused-ring (bicyclic) bond motifs is 6. The predicted octanol–water partition coefficient (Wildman–Crippen LogP) is 13.2. The van der Waals surface area contributed by atoms with Gasteiger partial charge in [-0.05, 0) is 53.6 Å². The van der Waals surface area contributed by atoms with Gasteiger partial charge in [-0.2, -0.15) is 0 Å². The molecule has 0 amide bonds. The molecule has 262 valence electrons. The first-order chi connectivity index (χ1) is 27.8. The molecule has 5 nitrogen and oxygen atoms in total. The second-order valence-corrected chi connectivity index (χ2v) is 14.0. The van der Waals surface area contributed by atoms with E-state index in [2.05, 4.69) is 132 Å². The largest absolute Gasteiger partial charge is 0.455 e. The van der Waals surface area contributed by atoms with Crippen molar-refractivity contribution < 1.29 is 4.42 Å². The Bertz CT molecular complexity index is 3170. The number of rotatable bonds is 6. The Morgan fingerprint density at radius 1 is 0.339 bits per heavy atom. The van der Waals surface area contributed by atoms with E-state index in [1.807, 2.05) is 66.7 Å². The standard InChI is InChI=1S/C51H32N4O/c1-5-16-33(17-6-1)39-29-30-42(51-53-49(34-18-7-2-8-19-34)52-50(54-51)35-20-9-3-10-21-35)46-41-26-15-25-38(47(41)56-48(39)46)36-28-31-45-43(32-36)40-24-13-14-27-44(40)55(45)37-22-11-4-12-23-37/h1-32H. The quantitative estimate of drug-likeness (QED) is 0.172. The van der Waals surface area contributed by atoms with E-state index in [0.29, 0.717) is 17.5 Å². The number of aromatic nitrogens is 4. The molecule has 0 unspecified atom stereocenters. The van der Waals surface area contributed by atoms with Crippen molar-refractivity contribution in [2.24, 2.45) is 0 Å². The zero-order valence-corrected chi connectivity index (χ0v) is 30.2. The summed E-state index contributed by atoms with van der Waals surface area (Å²) >= 11 is 0. The lowest BCUT2D eigenvalue weighted by Gasteiger charge is -2.10. The van der Waals surface area contributed by atoms with Crippen LogP contribution >= 0.6 is 0 Å². The Hall–Kier alpha value is -7.63. The lowest BCUT2D eigenvalue weighted by atomic mass is 9.96. The fourth-order valence-electron chi connectivity index (χ4n) is 8.09. The zero-order valence-electron chi connectivity index (χ0n) is 30.2. The van der Waals surface area contributed by atoms with Gasteiger partial charge in [0.25, 0.3) is 0 Å². The van der Waals surface area contributed by atoms with Crippen LogP contribution in [-0.4, -0.2) is 19.5 Å². The maximum atomic E-state index is 7.11. The van der Waals surface area contributed by atoms with Crippen molar-refractivity contribution in [3.63, 3.8) is 0 Å². The molecule has 11 rings (SSSR count). The van der Waals surface area contributed by atoms with E-state index in [0.717, 1.165) is 72.1 Å². The molecule has 0 aliphatic heterocycles. The molecule has 3 heterocycles. The molecule has 5 heteroatoms. The van der Waals surface area contributed by atoms with Crippen LogP contribution in [0.2, 0.25) is 0 Å². The number of para-hydroxylation sites is 3. The van der Waals surface area contributed by atoms with Crippen molar-refractivity contribution in [1.82, 2.24) is 19.5 Å². The summed E-state index contributed by atoms with van der Waals surface area (Å²) < 4.78 is 9.46. The number of benzene rings is 8. The summed E-state index contributed by atoms with van der Waals surface area (Å²) in [7, 11) is 0. The fraction of sp³-hybridized carbons (Fsp3) is 0. The van der Waals surface area contributed by atoms with E-state index in [4.69, 9.17) is 19.4 Å². The van der Waals surface area contributed by atoms with Crippen molar-refractivity contribution in [3.05, 3.63) is 194 Å². The van der Waals surface area contributed by atoms with Crippen LogP contribution in [0.4, 0.5) is 0 Å². The van der Waals surface area contributed by atoms with Gasteiger partial charge in [-0.25, -0.2) is 15.0 Å². The normalized spacial score (nSPS) is 11.6. The first kappa shape index (κ1) is 31.9. The molecule has 0 aliphatic carbocycles. The van der Waals surface area contributed by atoms with E-state index in [-0.39, 0.29) is 0 Å². The average Bonchev–Trinajstić information content (AvgIpc) is 3.83. The van der Waals surface area contributed by atoms with E-state index >= 15 is 0 Å². The van der Waals surface area contributed by atoms with Gasteiger partial charge in [-0.3, -0.25) is 0 Å². The average molecular weight is 717 g/mol. The van der Waals surface area contributed by atoms with Crippen LogP contribution in [0.3, 0.4) is 0 Å². The van der Waals surface area contributed by atoms with Gasteiger partial charge in [0.05, 0.1) is 11.0 Å². The first-order valence-corrected chi connectivity index (χ1v) is 18.8. The molecule has 0 fully saturated rings. The smallest absolute Gasteiger partial charge is 0.164 e. The Balaban J connectivity index is 1.17. The van der Waals surface area contributed by atoms with Gasteiger partial charge in [-0.1, -0.05) is 152 Å². The fourth-order valence-corrected chi connectivity index (χ4v) is 8.09. The maximum Gasteiger partial charge on any atom is 0.164 e. The number of hydrogen-bond donors (Lipinski definition) is 0. The summed E-state index contributed by atoms with van der Waals surface area (Å²) in [6.45, 7) is 0. The lowest BCUT2D eigenvalue weighted by molar-refractivity contribution is 0.671. The summed E-state index contributed by atoms with van der Waals surface area (Å²) in [5, 5.41) is 4.36. The molecule has 0 N–H and O–H groups in total. The minimum atomic E-state index is 0.588. The monoisotopic (exact) mass is 716 g/mol. The van der Waals surface area contributed by atoms with Gasteiger partial charge in [0.1, 0.15) is 11.2 Å². The Kier molecular flexibility index (Phi) is 7.42. The number of furan rings is 1. The van der Waals surface area contributed by atoms with E-state index in [1.54, 1.807) is 0 Å². The third-order valence-corrected chi connectivity index (χ3v) is 10.7. The molecule has 0 radical (unpaired) electrons. The van der Waals surface area contributed by atoms with Crippen molar-refractivity contribution in [2.45, 2.75) is 0 Å². The lowest BCUT2D eigenvalue weighted by Crippen LogP contribution is -2.00. The van der Waals surface area contributed by atoms with Gasteiger partial charge >= 0.3 is 0 Å². The molecule has 0 saturated carbocycles. The molecule has 0 atom stereocenters. The molecule has 11 aromatic rings. The highest BCUT2D eigenvalue weighted by atomic mass is 16.3. The summed E-state index contributed by atoms with van der Waals surface area (Å²) in [6.07, 6.45) is 0. The van der Waals surface area contributed by atoms with Gasteiger partial charge < -0.3 is 8.98 Å². The van der Waals surface area contributed by atoms with Crippen molar-refractivity contribution in [3.8, 4) is 62.1 Å². The molecule has 3 aromatic heterocycles. The second kappa shape index (κ2) is 13.0. The van der Waals surface area contributed by atoms with Crippen molar-refractivity contribution in [2.75, 3.05) is 0 Å². The highest BCUT2D eigenvalue weighted by molar-refractivity contribution is 6.19. The molecule has 0 aliphatic rings. The van der Waals surface area contributed by atoms with Crippen LogP contribution in [0.1, 0.15) is 0 Å². The maximum absolute atomic E-state index is 7.11. The van der Waals surface area contributed by atoms with E-state index < -0.39 is 0 Å². The van der Waals surface area contributed by atoms with Crippen LogP contribution in [-0.2, 0) is 0 Å². The second-order valence-electron chi connectivity index (χ2n) is 14.0. The van der Waals surface area contributed by atoms with Gasteiger partial charge in [0, 0.05) is 55.0 Å². The Labute approximate surface area is 322 Å². The molecule has 0 saturated heterocycles. The first-order valence-electron chi connectivity index (χ1n) is 18.8. The number of hydrogen-bond acceptors (Lipinski definition) is 4. The van der Waals surface area contributed by atoms with E-state index in [9.17, 15) is 0 Å². The number of nitrogens with zero attached hydrogens (tertiary/aromatic N) is 4. The highest BCUT2D eigenvalue weighted by Crippen LogP contribution is 2.45. The molecule has 8 aromatic carbocycles. The minimum absolute atomic E-state index is 0.588. The molecular formula is C51H32N4O. The van der Waals surface area contributed by atoms with Crippen LogP contribution < -0.4 is 0 Å². The summed E-state index contributed by atoms with van der Waals surface area (Å²) in [5.74, 6) is 1.82. The predicted molar refractivity (Wildman–Crippen MR) is 229 cm³/mol. The van der Waals surface area contributed by atoms with Crippen LogP contribution in [0, 0.1) is 0 Å². The SMILES string of the molecule is c1ccc(-c2nc(-c3ccccc3)nc(-c3ccc(-c4ccccc4)c4oc5c(-c6ccc7c(c6)c6ccccc6n7-c6ccccc6)cccc5c34)n2)cc1. The van der Waals surface area contributed by atoms with Crippen LogP contribution in [0.15, 0.2) is 199 Å². The molecule has 0 spiro atoms. The molecule has 0 bridgehead atoms. The van der Waals surface area contributed by atoms with Gasteiger partial charge in [0.2, 0.25) is 0 Å². The highest BCUT2D eigenvalue weighted by Gasteiger charge is 2.23. The molecule has 56 heavy (non-hydrogen) atoms. The summed E-state index contributed by atoms with van der Waals surface area (Å²) in [6, 6.07) is 67.3. The minimum Gasteiger partial charge on any atom is -0.455 e. The molecular weight excluding hydrogens is 685 g/mol. The van der Waals surface area contributed by atoms with Gasteiger partial charge in [0.15, 0.2) is 17.5 Å². The van der Waals surface area contributed by atoms with Gasteiger partial charge in [-0.15, -0.1) is 0 Å². The summed E-state index contributed by atoms with van der Waals surface area (Å²) in [5.41, 5.74) is 12.0. The van der Waals surface area contributed by atoms with Crippen LogP contribution in [0.5, 0.6) is 0 Å².